The Morgan fingerprint density at radius 3 is 2.24 bits per heavy atom. The van der Waals surface area contributed by atoms with Crippen LogP contribution in [0.25, 0.3) is 33.3 Å². The summed E-state index contributed by atoms with van der Waals surface area (Å²) in [4.78, 5) is 23.0. The van der Waals surface area contributed by atoms with Crippen LogP contribution in [0.2, 0.25) is 0 Å². The molecule has 12 nitrogen and oxygen atoms in total. The van der Waals surface area contributed by atoms with Crippen LogP contribution in [0.5, 0.6) is 0 Å². The third-order valence-corrected chi connectivity index (χ3v) is 15.8. The second-order valence-corrected chi connectivity index (χ2v) is 22.9. The quantitative estimate of drug-likeness (QED) is 0.0307. The van der Waals surface area contributed by atoms with E-state index in [1.807, 2.05) is 7.05 Å². The van der Waals surface area contributed by atoms with Crippen LogP contribution in [-0.4, -0.2) is 129 Å². The first-order valence-electron chi connectivity index (χ1n) is 29.3. The van der Waals surface area contributed by atoms with Crippen molar-refractivity contribution in [1.29, 1.82) is 0 Å². The fourth-order valence-electron chi connectivity index (χ4n) is 11.0. The van der Waals surface area contributed by atoms with E-state index in [1.54, 1.807) is 24.3 Å². The molecule has 3 fully saturated rings. The van der Waals surface area contributed by atoms with Crippen LogP contribution in [0.4, 0.5) is 10.1 Å². The molecule has 0 saturated carbocycles. The van der Waals surface area contributed by atoms with Crippen molar-refractivity contribution in [3.63, 3.8) is 0 Å². The number of likely N-dealkylation sites (N-methyl/N-ethyl adjacent to an activating group) is 1. The molecule has 0 spiro atoms. The van der Waals surface area contributed by atoms with E-state index in [0.29, 0.717) is 24.1 Å². The number of pyridine rings is 1. The topological polar surface area (TPSA) is 119 Å². The molecule has 436 valence electrons. The highest BCUT2D eigenvalue weighted by atomic mass is 19.1. The molecule has 2 atom stereocenters. The molecule has 2 unspecified atom stereocenters. The smallest absolute Gasteiger partial charge is 0.233 e. The highest BCUT2D eigenvalue weighted by Crippen LogP contribution is 2.44. The summed E-state index contributed by atoms with van der Waals surface area (Å²) in [6.45, 7) is 48.2. The molecule has 2 aromatic heterocycles. The number of nitrogens with zero attached hydrogens (tertiary/aromatic N) is 6. The summed E-state index contributed by atoms with van der Waals surface area (Å²) in [6.07, 6.45) is 14.5. The van der Waals surface area contributed by atoms with E-state index in [0.717, 1.165) is 116 Å². The summed E-state index contributed by atoms with van der Waals surface area (Å²) >= 11 is 0. The van der Waals surface area contributed by atoms with Gasteiger partial charge in [0.2, 0.25) is 5.91 Å². The van der Waals surface area contributed by atoms with E-state index in [9.17, 15) is 9.18 Å². The van der Waals surface area contributed by atoms with Crippen LogP contribution in [0, 0.1) is 16.7 Å². The molecule has 0 aliphatic carbocycles. The van der Waals surface area contributed by atoms with Gasteiger partial charge in [-0.15, -0.1) is 13.2 Å². The minimum absolute atomic E-state index is 0.0903. The van der Waals surface area contributed by atoms with Gasteiger partial charge in [0.05, 0.1) is 36.1 Å². The first-order valence-corrected chi connectivity index (χ1v) is 29.3. The van der Waals surface area contributed by atoms with Crippen LogP contribution in [-0.2, 0) is 28.9 Å². The van der Waals surface area contributed by atoms with Gasteiger partial charge in [0.1, 0.15) is 6.67 Å². The average molecular weight is 1090 g/mol. The minimum Gasteiger partial charge on any atom is -0.501 e. The minimum atomic E-state index is -0.443. The van der Waals surface area contributed by atoms with E-state index in [-0.39, 0.29) is 22.8 Å². The number of carbonyl (C=O) groups excluding carboxylic acids is 1. The number of allylic oxidation sites excluding steroid dienone is 2. The molecule has 3 saturated heterocycles. The number of hydrazine groups is 1. The average Bonchev–Trinajstić information content (AvgIpc) is 4.04. The van der Waals surface area contributed by atoms with Crippen LogP contribution in [0.3, 0.4) is 0 Å². The molecular formula is C66H103FN10O2. The van der Waals surface area contributed by atoms with Gasteiger partial charge in [0.15, 0.2) is 0 Å². The van der Waals surface area contributed by atoms with E-state index >= 15 is 0 Å². The zero-order valence-corrected chi connectivity index (χ0v) is 50.8. The van der Waals surface area contributed by atoms with Crippen molar-refractivity contribution < 1.29 is 13.9 Å². The number of benzene rings is 2. The zero-order chi connectivity index (χ0) is 58.3. The van der Waals surface area contributed by atoms with Gasteiger partial charge >= 0.3 is 0 Å². The van der Waals surface area contributed by atoms with Gasteiger partial charge < -0.3 is 40.4 Å². The molecule has 2 aromatic carbocycles. The van der Waals surface area contributed by atoms with Crippen LogP contribution < -0.4 is 26.7 Å². The molecule has 4 aromatic rings. The summed E-state index contributed by atoms with van der Waals surface area (Å²) in [6, 6.07) is 18.7. The number of aromatic nitrogens is 2. The maximum Gasteiger partial charge on any atom is 0.233 e. The number of hydrogen-bond donors (Lipinski definition) is 4. The summed E-state index contributed by atoms with van der Waals surface area (Å²) in [5.74, 6) is 0.904. The second kappa shape index (κ2) is 32.5. The lowest BCUT2D eigenvalue weighted by atomic mass is 9.73. The Morgan fingerprint density at radius 1 is 0.975 bits per heavy atom. The summed E-state index contributed by atoms with van der Waals surface area (Å²) in [5.41, 5.74) is 22.3. The van der Waals surface area contributed by atoms with Gasteiger partial charge in [-0.25, -0.2) is 9.82 Å². The molecule has 5 N–H and O–H groups in total. The van der Waals surface area contributed by atoms with Crippen molar-refractivity contribution >= 4 is 22.5 Å². The number of hydrogen-bond acceptors (Lipinski definition) is 10. The number of halogens is 1. The van der Waals surface area contributed by atoms with Crippen molar-refractivity contribution in [1.82, 2.24) is 40.4 Å². The number of likely N-dealkylation sites (tertiary alicyclic amines) is 1. The third-order valence-electron chi connectivity index (χ3n) is 15.8. The second-order valence-electron chi connectivity index (χ2n) is 22.9. The fourth-order valence-corrected chi connectivity index (χ4v) is 11.0. The molecular weight excluding hydrogens is 984 g/mol. The highest BCUT2D eigenvalue weighted by Gasteiger charge is 2.42. The largest absolute Gasteiger partial charge is 0.501 e. The van der Waals surface area contributed by atoms with E-state index in [1.165, 1.54) is 68.3 Å². The predicted molar refractivity (Wildman–Crippen MR) is 335 cm³/mol. The lowest BCUT2D eigenvalue weighted by Gasteiger charge is -2.52. The Labute approximate surface area is 477 Å². The Kier molecular flexibility index (Phi) is 27.1. The molecule has 3 aliphatic heterocycles. The standard InChI is InChI=1S/C39H52N4O.C19H35FN4.C6H12N2O.C2H4/c1-9-28(5)37-34(24-32(26-40-37)42-20-18-41(8)19-21-42)38-35(25-39(6,7)27-44-12-4)33-23-31(16-17-36(33)43(38)11-3)30-15-13-14-29(10-2)22-30;1-15(2)18(17(4)21)23-12-9-19(8-11-22-5)13-24(14-19)16(3)7-6-10-20;1-6(9)8-5-3-2-4-7-8;1-2/h12-17,22-24,26,28H,4,9-11,18-21,25,27H2,1-3,5-8H3;6-7,15,18,22-23H,3-4,8-14,21H2,1-2,5H3;7H,2-5H2,1H3;1-2H2/b;7-6+;;. The summed E-state index contributed by atoms with van der Waals surface area (Å²) in [7, 11) is 4.20. The molecule has 79 heavy (non-hydrogen) atoms. The van der Waals surface area contributed by atoms with E-state index in [4.69, 9.17) is 15.5 Å². The lowest BCUT2D eigenvalue weighted by Crippen LogP contribution is -2.57. The normalized spacial score (nSPS) is 16.2. The number of aryl methyl sites for hydroxylation is 2. The Bertz CT molecular complexity index is 2560. The zero-order valence-electron chi connectivity index (χ0n) is 50.8. The van der Waals surface area contributed by atoms with E-state index < -0.39 is 6.67 Å². The summed E-state index contributed by atoms with van der Waals surface area (Å²) < 4.78 is 20.6. The SMILES string of the molecule is C=C.C=C(N)C(NCCC1(CCNC)CN(C(=C)/C=C/CF)C1)C(C)C.C=COCC(C)(C)Cc1c(-c2cc(N3CCN(C)CC3)cnc2C(C)CC)n(CC)c2ccc(-c3cccc(CC)c3)cc12.CC(=O)N1CCCCN1. The molecule has 7 rings (SSSR count). The molecule has 0 bridgehead atoms. The molecule has 3 aliphatic rings. The highest BCUT2D eigenvalue weighted by molar-refractivity contribution is 5.95. The Balaban J connectivity index is 0.000000320. The molecule has 1 amide bonds. The Morgan fingerprint density at radius 2 is 1.67 bits per heavy atom. The van der Waals surface area contributed by atoms with Crippen molar-refractivity contribution in [2.45, 2.75) is 126 Å². The lowest BCUT2D eigenvalue weighted by molar-refractivity contribution is -0.133. The van der Waals surface area contributed by atoms with Gasteiger partial charge in [-0.1, -0.05) is 105 Å². The first-order chi connectivity index (χ1) is 37.8. The number of piperazine rings is 1. The number of rotatable bonds is 24. The van der Waals surface area contributed by atoms with Crippen LogP contribution >= 0.6 is 0 Å². The number of alkyl halides is 1. The monoisotopic (exact) mass is 1090 g/mol. The maximum absolute atomic E-state index is 12.2. The van der Waals surface area contributed by atoms with Gasteiger partial charge in [0.25, 0.3) is 0 Å². The van der Waals surface area contributed by atoms with Gasteiger partial charge in [-0.2, -0.15) is 0 Å². The Hall–Kier alpha value is -5.73. The van der Waals surface area contributed by atoms with Crippen molar-refractivity contribution in [2.24, 2.45) is 22.5 Å². The number of ether oxygens (including phenoxy) is 1. The molecule has 0 radical (unpaired) electrons. The number of nitrogens with two attached hydrogens (primary N) is 1. The number of carbonyl (C=O) groups is 1. The molecule has 5 heterocycles. The number of fused-ring (bicyclic) bond motifs is 1. The van der Waals surface area contributed by atoms with Crippen LogP contribution in [0.1, 0.15) is 117 Å². The van der Waals surface area contributed by atoms with E-state index in [2.05, 4.69) is 185 Å². The number of nitrogens with one attached hydrogen (secondary N) is 3. The van der Waals surface area contributed by atoms with Crippen LogP contribution in [0.15, 0.2) is 117 Å². The third kappa shape index (κ3) is 18.7. The maximum atomic E-state index is 12.2. The predicted octanol–water partition coefficient (Wildman–Crippen LogP) is 12.3. The number of amides is 1. The van der Waals surface area contributed by atoms with Crippen molar-refractivity contribution in [3.05, 3.63) is 134 Å². The van der Waals surface area contributed by atoms with Gasteiger partial charge in [0, 0.05) is 111 Å². The first kappa shape index (κ1) is 65.8. The summed E-state index contributed by atoms with van der Waals surface area (Å²) in [5, 5.41) is 9.79. The van der Waals surface area contributed by atoms with Gasteiger partial charge in [-0.3, -0.25) is 14.8 Å². The van der Waals surface area contributed by atoms with Crippen molar-refractivity contribution in [2.75, 3.05) is 97.7 Å². The van der Waals surface area contributed by atoms with Gasteiger partial charge in [-0.05, 0) is 137 Å². The fraction of sp³-hybridized carbons (Fsp3) is 0.545. The number of anilines is 1. The molecule has 13 heteroatoms. The van der Waals surface area contributed by atoms with Crippen molar-refractivity contribution in [3.8, 4) is 22.4 Å².